The third-order valence-electron chi connectivity index (χ3n) is 3.62. The lowest BCUT2D eigenvalue weighted by molar-refractivity contribution is 0.268. The van der Waals surface area contributed by atoms with Crippen LogP contribution in [0.1, 0.15) is 32.6 Å². The molecule has 1 fully saturated rings. The van der Waals surface area contributed by atoms with E-state index in [-0.39, 0.29) is 5.56 Å². The molecular weight excluding hydrogens is 282 g/mol. The maximum absolute atomic E-state index is 11.4. The number of aromatic nitrogens is 2. The van der Waals surface area contributed by atoms with Crippen molar-refractivity contribution in [3.05, 3.63) is 21.2 Å². The van der Waals surface area contributed by atoms with Crippen LogP contribution in [0.2, 0.25) is 0 Å². The largest absolute Gasteiger partial charge is 0.369 e. The quantitative estimate of drug-likeness (QED) is 0.902. The van der Waals surface area contributed by atoms with E-state index in [1.807, 2.05) is 0 Å². The fourth-order valence-electron chi connectivity index (χ4n) is 2.43. The number of H-pyrrole nitrogens is 1. The van der Waals surface area contributed by atoms with Gasteiger partial charge in [-0.25, -0.2) is 4.98 Å². The Hall–Kier alpha value is -0.840. The molecule has 94 valence electrons. The van der Waals surface area contributed by atoms with Crippen LogP contribution in [0, 0.1) is 11.8 Å². The molecule has 2 atom stereocenters. The number of anilines is 1. The number of hydrogen-bond donors (Lipinski definition) is 2. The van der Waals surface area contributed by atoms with Gasteiger partial charge in [-0.1, -0.05) is 26.2 Å². The maximum Gasteiger partial charge on any atom is 0.267 e. The molecule has 0 spiro atoms. The third kappa shape index (κ3) is 3.09. The zero-order valence-corrected chi connectivity index (χ0v) is 11.6. The van der Waals surface area contributed by atoms with Gasteiger partial charge < -0.3 is 10.3 Å². The zero-order valence-electron chi connectivity index (χ0n) is 10.0. The normalized spacial score (nSPS) is 24.6. The van der Waals surface area contributed by atoms with Crippen LogP contribution in [0.15, 0.2) is 15.6 Å². The van der Waals surface area contributed by atoms with E-state index in [0.29, 0.717) is 16.2 Å². The van der Waals surface area contributed by atoms with E-state index in [9.17, 15) is 4.79 Å². The smallest absolute Gasteiger partial charge is 0.267 e. The molecule has 1 heterocycles. The minimum atomic E-state index is -0.140. The summed E-state index contributed by atoms with van der Waals surface area (Å²) in [5.74, 6) is 2.10. The van der Waals surface area contributed by atoms with Crippen molar-refractivity contribution < 1.29 is 0 Å². The van der Waals surface area contributed by atoms with Gasteiger partial charge in [0.1, 0.15) is 10.3 Å². The van der Waals surface area contributed by atoms with E-state index in [0.717, 1.165) is 12.5 Å². The lowest BCUT2D eigenvalue weighted by Gasteiger charge is -2.29. The Morgan fingerprint density at radius 1 is 1.53 bits per heavy atom. The molecule has 0 bridgehead atoms. The Kier molecular flexibility index (Phi) is 4.20. The Labute approximate surface area is 109 Å². The monoisotopic (exact) mass is 299 g/mol. The lowest BCUT2D eigenvalue weighted by Crippen LogP contribution is -2.25. The van der Waals surface area contributed by atoms with Crippen molar-refractivity contribution in [1.29, 1.82) is 0 Å². The summed E-state index contributed by atoms with van der Waals surface area (Å²) in [6, 6.07) is 0. The molecule has 1 saturated carbocycles. The van der Waals surface area contributed by atoms with E-state index >= 15 is 0 Å². The molecule has 1 aromatic rings. The topological polar surface area (TPSA) is 57.8 Å². The number of aromatic amines is 1. The molecule has 0 radical (unpaired) electrons. The van der Waals surface area contributed by atoms with Gasteiger partial charge in [0.25, 0.3) is 5.56 Å². The predicted molar refractivity (Wildman–Crippen MR) is 72.2 cm³/mol. The summed E-state index contributed by atoms with van der Waals surface area (Å²) in [7, 11) is 0. The van der Waals surface area contributed by atoms with E-state index in [4.69, 9.17) is 0 Å². The van der Waals surface area contributed by atoms with Gasteiger partial charge in [0.15, 0.2) is 0 Å². The molecule has 4 nitrogen and oxygen atoms in total. The van der Waals surface area contributed by atoms with Gasteiger partial charge in [-0.2, -0.15) is 0 Å². The second-order valence-electron chi connectivity index (χ2n) is 4.80. The molecule has 0 aromatic carbocycles. The molecule has 0 aliphatic heterocycles. The Morgan fingerprint density at radius 2 is 2.29 bits per heavy atom. The fourth-order valence-corrected chi connectivity index (χ4v) is 2.79. The van der Waals surface area contributed by atoms with Crippen molar-refractivity contribution >= 4 is 21.7 Å². The summed E-state index contributed by atoms with van der Waals surface area (Å²) in [6.07, 6.45) is 6.69. The van der Waals surface area contributed by atoms with Crippen LogP contribution < -0.4 is 10.9 Å². The standard InChI is InChI=1S/C12H18BrN3O/c1-8-4-2-3-5-9(8)6-14-11-10(13)12(17)16-7-15-11/h7-9H,2-6H2,1H3,(H2,14,15,16,17). The zero-order chi connectivity index (χ0) is 12.3. The third-order valence-corrected chi connectivity index (χ3v) is 4.35. The molecule has 17 heavy (non-hydrogen) atoms. The highest BCUT2D eigenvalue weighted by atomic mass is 79.9. The molecule has 1 aliphatic carbocycles. The van der Waals surface area contributed by atoms with Crippen molar-refractivity contribution in [2.45, 2.75) is 32.6 Å². The van der Waals surface area contributed by atoms with Crippen molar-refractivity contribution in [3.8, 4) is 0 Å². The first-order chi connectivity index (χ1) is 8.18. The first kappa shape index (κ1) is 12.6. The van der Waals surface area contributed by atoms with Crippen molar-refractivity contribution in [2.24, 2.45) is 11.8 Å². The summed E-state index contributed by atoms with van der Waals surface area (Å²) in [4.78, 5) is 18.0. The van der Waals surface area contributed by atoms with Crippen molar-refractivity contribution in [2.75, 3.05) is 11.9 Å². The number of nitrogens with zero attached hydrogens (tertiary/aromatic N) is 1. The maximum atomic E-state index is 11.4. The van der Waals surface area contributed by atoms with Crippen LogP contribution in [0.4, 0.5) is 5.82 Å². The fraction of sp³-hybridized carbons (Fsp3) is 0.667. The number of hydrogen-bond acceptors (Lipinski definition) is 3. The first-order valence-electron chi connectivity index (χ1n) is 6.15. The number of nitrogens with one attached hydrogen (secondary N) is 2. The summed E-state index contributed by atoms with van der Waals surface area (Å²) in [6.45, 7) is 3.21. The van der Waals surface area contributed by atoms with Gasteiger partial charge in [-0.05, 0) is 34.2 Å². The molecule has 1 aromatic heterocycles. The Balaban J connectivity index is 1.97. The Morgan fingerprint density at radius 3 is 3.06 bits per heavy atom. The predicted octanol–water partition coefficient (Wildman–Crippen LogP) is 2.77. The van der Waals surface area contributed by atoms with Gasteiger partial charge in [-0.3, -0.25) is 4.79 Å². The first-order valence-corrected chi connectivity index (χ1v) is 6.95. The van der Waals surface area contributed by atoms with Crippen LogP contribution in [-0.2, 0) is 0 Å². The summed E-state index contributed by atoms with van der Waals surface area (Å²) in [5.41, 5.74) is -0.140. The van der Waals surface area contributed by atoms with Crippen molar-refractivity contribution in [3.63, 3.8) is 0 Å². The van der Waals surface area contributed by atoms with E-state index in [2.05, 4.69) is 38.1 Å². The van der Waals surface area contributed by atoms with Crippen molar-refractivity contribution in [1.82, 2.24) is 9.97 Å². The molecule has 5 heteroatoms. The number of rotatable bonds is 3. The van der Waals surface area contributed by atoms with Crippen LogP contribution in [-0.4, -0.2) is 16.5 Å². The minimum absolute atomic E-state index is 0.140. The molecule has 0 amide bonds. The Bertz CT molecular complexity index is 432. The molecule has 2 N–H and O–H groups in total. The highest BCUT2D eigenvalue weighted by molar-refractivity contribution is 9.10. The second kappa shape index (κ2) is 5.67. The molecule has 2 unspecified atom stereocenters. The van der Waals surface area contributed by atoms with Crippen LogP contribution in [0.5, 0.6) is 0 Å². The van der Waals surface area contributed by atoms with E-state index < -0.39 is 0 Å². The average molecular weight is 300 g/mol. The van der Waals surface area contributed by atoms with Crippen LogP contribution in [0.3, 0.4) is 0 Å². The van der Waals surface area contributed by atoms with Crippen LogP contribution >= 0.6 is 15.9 Å². The lowest BCUT2D eigenvalue weighted by atomic mass is 9.80. The molecular formula is C12H18BrN3O. The highest BCUT2D eigenvalue weighted by Gasteiger charge is 2.21. The molecule has 1 aliphatic rings. The van der Waals surface area contributed by atoms with Gasteiger partial charge in [-0.15, -0.1) is 0 Å². The number of halogens is 1. The van der Waals surface area contributed by atoms with E-state index in [1.165, 1.54) is 32.0 Å². The van der Waals surface area contributed by atoms with Crippen LogP contribution in [0.25, 0.3) is 0 Å². The summed E-state index contributed by atoms with van der Waals surface area (Å²) < 4.78 is 0.489. The molecule has 2 rings (SSSR count). The summed E-state index contributed by atoms with van der Waals surface area (Å²) in [5, 5.41) is 3.28. The van der Waals surface area contributed by atoms with E-state index in [1.54, 1.807) is 0 Å². The average Bonchev–Trinajstić information content (AvgIpc) is 2.33. The minimum Gasteiger partial charge on any atom is -0.369 e. The summed E-state index contributed by atoms with van der Waals surface area (Å²) >= 11 is 3.25. The second-order valence-corrected chi connectivity index (χ2v) is 5.59. The highest BCUT2D eigenvalue weighted by Crippen LogP contribution is 2.29. The van der Waals surface area contributed by atoms with Gasteiger partial charge in [0.05, 0.1) is 6.33 Å². The van der Waals surface area contributed by atoms with Gasteiger partial charge in [0.2, 0.25) is 0 Å². The van der Waals surface area contributed by atoms with Gasteiger partial charge >= 0.3 is 0 Å². The molecule has 0 saturated heterocycles. The van der Waals surface area contributed by atoms with Gasteiger partial charge in [0, 0.05) is 6.54 Å². The SMILES string of the molecule is CC1CCCCC1CNc1nc[nH]c(=O)c1Br.